The number of amides is 1. The zero-order chi connectivity index (χ0) is 12.3. The van der Waals surface area contributed by atoms with Gasteiger partial charge in [-0.05, 0) is 25.8 Å². The van der Waals surface area contributed by atoms with Gasteiger partial charge in [-0.1, -0.05) is 17.7 Å². The number of fused-ring (bicyclic) bond motifs is 1. The average molecular weight is 235 g/mol. The number of hydrogen-bond acceptors (Lipinski definition) is 3. The third-order valence-electron chi connectivity index (χ3n) is 2.91. The molecule has 0 saturated heterocycles. The highest BCUT2D eigenvalue weighted by atomic mass is 16.5. The Bertz CT molecular complexity index is 417. The van der Waals surface area contributed by atoms with Crippen LogP contribution in [0.15, 0.2) is 18.2 Å². The molecule has 2 rings (SSSR count). The van der Waals surface area contributed by atoms with Crippen LogP contribution in [-0.2, 0) is 4.74 Å². The van der Waals surface area contributed by atoms with Gasteiger partial charge in [0.2, 0.25) is 0 Å². The summed E-state index contributed by atoms with van der Waals surface area (Å²) in [5, 5.41) is 2.85. The lowest BCUT2D eigenvalue weighted by molar-refractivity contribution is 0.166. The van der Waals surface area contributed by atoms with Crippen molar-refractivity contribution in [2.75, 3.05) is 13.7 Å². The lowest BCUT2D eigenvalue weighted by Crippen LogP contribution is -2.28. The Hall–Kier alpha value is -1.71. The largest absolute Gasteiger partial charge is 0.493 e. The molecule has 0 bridgehead atoms. The van der Waals surface area contributed by atoms with Crippen molar-refractivity contribution in [3.8, 4) is 5.75 Å². The molecule has 1 aliphatic heterocycles. The summed E-state index contributed by atoms with van der Waals surface area (Å²) in [4.78, 5) is 11.3. The van der Waals surface area contributed by atoms with E-state index in [1.807, 2.05) is 19.1 Å². The van der Waals surface area contributed by atoms with Gasteiger partial charge in [0, 0.05) is 5.56 Å². The predicted octanol–water partition coefficient (Wildman–Crippen LogP) is 2.56. The smallest absolute Gasteiger partial charge is 0.407 e. The molecular formula is C13H17NO3. The molecule has 0 aliphatic carbocycles. The molecule has 1 aromatic carbocycles. The average Bonchev–Trinajstić information content (AvgIpc) is 2.52. The Morgan fingerprint density at radius 2 is 2.35 bits per heavy atom. The van der Waals surface area contributed by atoms with Crippen LogP contribution in [0.2, 0.25) is 0 Å². The van der Waals surface area contributed by atoms with E-state index in [9.17, 15) is 4.79 Å². The number of carbonyl (C=O) groups is 1. The molecule has 0 spiro atoms. The Labute approximate surface area is 101 Å². The van der Waals surface area contributed by atoms with Gasteiger partial charge in [-0.3, -0.25) is 0 Å². The number of alkyl carbamates (subject to hydrolysis) is 1. The third kappa shape index (κ3) is 2.70. The minimum atomic E-state index is -0.399. The van der Waals surface area contributed by atoms with Crippen molar-refractivity contribution >= 4 is 6.09 Å². The minimum Gasteiger partial charge on any atom is -0.493 e. The summed E-state index contributed by atoms with van der Waals surface area (Å²) in [6, 6.07) is 6.00. The highest BCUT2D eigenvalue weighted by molar-refractivity contribution is 5.68. The fraction of sp³-hybridized carbons (Fsp3) is 0.462. The van der Waals surface area contributed by atoms with E-state index in [4.69, 9.17) is 4.74 Å². The zero-order valence-corrected chi connectivity index (χ0v) is 10.2. The molecule has 4 nitrogen and oxygen atoms in total. The van der Waals surface area contributed by atoms with Gasteiger partial charge < -0.3 is 14.8 Å². The maximum atomic E-state index is 11.3. The highest BCUT2D eigenvalue weighted by Crippen LogP contribution is 2.32. The van der Waals surface area contributed by atoms with E-state index in [1.54, 1.807) is 0 Å². The monoisotopic (exact) mass is 235 g/mol. The fourth-order valence-corrected chi connectivity index (χ4v) is 2.05. The normalized spacial score (nSPS) is 18.6. The van der Waals surface area contributed by atoms with Crippen molar-refractivity contribution in [2.45, 2.75) is 25.8 Å². The Kier molecular flexibility index (Phi) is 3.52. The van der Waals surface area contributed by atoms with Gasteiger partial charge in [0.1, 0.15) is 5.75 Å². The second-order valence-electron chi connectivity index (χ2n) is 4.22. The van der Waals surface area contributed by atoms with Gasteiger partial charge in [0.05, 0.1) is 19.8 Å². The second-order valence-corrected chi connectivity index (χ2v) is 4.22. The fourth-order valence-electron chi connectivity index (χ4n) is 2.05. The molecule has 92 valence electrons. The SMILES string of the molecule is COC(=O)NC1CCCOc2ccc(C)cc21. The van der Waals surface area contributed by atoms with Gasteiger partial charge in [0.15, 0.2) is 0 Å². The first kappa shape index (κ1) is 11.8. The van der Waals surface area contributed by atoms with Crippen LogP contribution in [0.1, 0.15) is 30.0 Å². The first-order chi connectivity index (χ1) is 8.20. The molecule has 0 saturated carbocycles. The van der Waals surface area contributed by atoms with Gasteiger partial charge in [0.25, 0.3) is 0 Å². The number of nitrogens with one attached hydrogen (secondary N) is 1. The first-order valence-corrected chi connectivity index (χ1v) is 5.78. The first-order valence-electron chi connectivity index (χ1n) is 5.78. The second kappa shape index (κ2) is 5.08. The van der Waals surface area contributed by atoms with Crippen LogP contribution in [0.5, 0.6) is 5.75 Å². The van der Waals surface area contributed by atoms with Gasteiger partial charge in [-0.2, -0.15) is 0 Å². The number of methoxy groups -OCH3 is 1. The molecule has 0 aromatic heterocycles. The summed E-state index contributed by atoms with van der Waals surface area (Å²) in [5.41, 5.74) is 2.19. The van der Waals surface area contributed by atoms with E-state index >= 15 is 0 Å². The molecule has 1 aromatic rings. The number of rotatable bonds is 1. The van der Waals surface area contributed by atoms with E-state index in [2.05, 4.69) is 16.1 Å². The van der Waals surface area contributed by atoms with E-state index in [0.717, 1.165) is 29.7 Å². The van der Waals surface area contributed by atoms with E-state index in [1.165, 1.54) is 7.11 Å². The van der Waals surface area contributed by atoms with E-state index in [0.29, 0.717) is 6.61 Å². The van der Waals surface area contributed by atoms with Crippen molar-refractivity contribution in [3.05, 3.63) is 29.3 Å². The standard InChI is InChI=1S/C13H17NO3/c1-9-5-6-12-10(8-9)11(4-3-7-17-12)14-13(15)16-2/h5-6,8,11H,3-4,7H2,1-2H3,(H,14,15). The number of benzene rings is 1. The molecule has 0 fully saturated rings. The van der Waals surface area contributed by atoms with Crippen molar-refractivity contribution in [1.29, 1.82) is 0 Å². The molecule has 1 atom stereocenters. The van der Waals surface area contributed by atoms with Crippen molar-refractivity contribution in [2.24, 2.45) is 0 Å². The Morgan fingerprint density at radius 3 is 3.12 bits per heavy atom. The highest BCUT2D eigenvalue weighted by Gasteiger charge is 2.21. The molecule has 1 unspecified atom stereocenters. The topological polar surface area (TPSA) is 47.6 Å². The number of hydrogen-bond donors (Lipinski definition) is 1. The molecule has 0 radical (unpaired) electrons. The molecule has 1 amide bonds. The molecule has 17 heavy (non-hydrogen) atoms. The number of carbonyl (C=O) groups excluding carboxylic acids is 1. The summed E-state index contributed by atoms with van der Waals surface area (Å²) in [5.74, 6) is 0.856. The van der Waals surface area contributed by atoms with Crippen LogP contribution < -0.4 is 10.1 Å². The molecule has 1 N–H and O–H groups in total. The Balaban J connectivity index is 2.28. The lowest BCUT2D eigenvalue weighted by Gasteiger charge is -2.18. The summed E-state index contributed by atoms with van der Waals surface area (Å²) < 4.78 is 10.3. The summed E-state index contributed by atoms with van der Waals surface area (Å²) in [6.45, 7) is 2.72. The Morgan fingerprint density at radius 1 is 1.53 bits per heavy atom. The summed E-state index contributed by atoms with van der Waals surface area (Å²) >= 11 is 0. The van der Waals surface area contributed by atoms with E-state index in [-0.39, 0.29) is 6.04 Å². The maximum absolute atomic E-state index is 11.3. The third-order valence-corrected chi connectivity index (χ3v) is 2.91. The van der Waals surface area contributed by atoms with Crippen LogP contribution in [0.3, 0.4) is 0 Å². The summed E-state index contributed by atoms with van der Waals surface area (Å²) in [7, 11) is 1.37. The van der Waals surface area contributed by atoms with Crippen LogP contribution in [-0.4, -0.2) is 19.8 Å². The van der Waals surface area contributed by atoms with Crippen LogP contribution in [0.25, 0.3) is 0 Å². The lowest BCUT2D eigenvalue weighted by atomic mass is 10.0. The van der Waals surface area contributed by atoms with Gasteiger partial charge in [-0.15, -0.1) is 0 Å². The zero-order valence-electron chi connectivity index (χ0n) is 10.2. The quantitative estimate of drug-likeness (QED) is 0.813. The van der Waals surface area contributed by atoms with Crippen LogP contribution in [0, 0.1) is 6.92 Å². The number of ether oxygens (including phenoxy) is 2. The maximum Gasteiger partial charge on any atom is 0.407 e. The number of aryl methyl sites for hydroxylation is 1. The van der Waals surface area contributed by atoms with Crippen molar-refractivity contribution < 1.29 is 14.3 Å². The summed E-state index contributed by atoms with van der Waals surface area (Å²) in [6.07, 6.45) is 1.39. The van der Waals surface area contributed by atoms with Crippen LogP contribution in [0.4, 0.5) is 4.79 Å². The van der Waals surface area contributed by atoms with Crippen molar-refractivity contribution in [3.63, 3.8) is 0 Å². The van der Waals surface area contributed by atoms with Crippen molar-refractivity contribution in [1.82, 2.24) is 5.32 Å². The van der Waals surface area contributed by atoms with Crippen LogP contribution >= 0.6 is 0 Å². The van der Waals surface area contributed by atoms with Gasteiger partial charge >= 0.3 is 6.09 Å². The molecular weight excluding hydrogens is 218 g/mol. The molecule has 4 heteroatoms. The van der Waals surface area contributed by atoms with Gasteiger partial charge in [-0.25, -0.2) is 4.79 Å². The minimum absolute atomic E-state index is 0.0279. The van der Waals surface area contributed by atoms with E-state index < -0.39 is 6.09 Å². The molecule has 1 aliphatic rings. The predicted molar refractivity (Wildman–Crippen MR) is 64.2 cm³/mol. The molecule has 1 heterocycles.